The number of halogens is 2. The van der Waals surface area contributed by atoms with Crippen molar-refractivity contribution in [1.29, 1.82) is 0 Å². The monoisotopic (exact) mass is 425 g/mol. The van der Waals surface area contributed by atoms with Crippen molar-refractivity contribution in [2.45, 2.75) is 25.3 Å². The lowest BCUT2D eigenvalue weighted by Gasteiger charge is -2.11. The summed E-state index contributed by atoms with van der Waals surface area (Å²) in [6.45, 7) is 0.241. The first-order valence-electron chi connectivity index (χ1n) is 10.1. The molecule has 0 bridgehead atoms. The molecule has 1 fully saturated rings. The van der Waals surface area contributed by atoms with Crippen LogP contribution in [0.25, 0.3) is 5.69 Å². The Labute approximate surface area is 177 Å². The molecule has 160 valence electrons. The standard InChI is InChI=1S/C23H21F2N3O3/c1-30-15-5-3-12(20(10-15)31-2)11-26-23(29)21-17-8-13-7-16(13)22(17)28(27-21)19-6-4-14(24)9-18(19)25/h3-6,9-10,13,16H,7-8,11H2,1-2H3,(H,26,29)/t13-,16-/m1/s1. The Hall–Kier alpha value is -3.42. The van der Waals surface area contributed by atoms with Gasteiger partial charge in [0.25, 0.3) is 5.91 Å². The third kappa shape index (κ3) is 3.32. The van der Waals surface area contributed by atoms with E-state index in [0.717, 1.165) is 35.7 Å². The number of fused-ring (bicyclic) bond motifs is 3. The molecule has 0 saturated heterocycles. The molecule has 3 aromatic rings. The van der Waals surface area contributed by atoms with Gasteiger partial charge in [-0.3, -0.25) is 4.79 Å². The summed E-state index contributed by atoms with van der Waals surface area (Å²) in [5.74, 6) is 0.307. The van der Waals surface area contributed by atoms with E-state index in [1.807, 2.05) is 6.07 Å². The molecule has 0 radical (unpaired) electrons. The van der Waals surface area contributed by atoms with Gasteiger partial charge in [-0.05, 0) is 43.0 Å². The predicted molar refractivity (Wildman–Crippen MR) is 109 cm³/mol. The van der Waals surface area contributed by atoms with Crippen LogP contribution in [0.1, 0.15) is 39.6 Å². The topological polar surface area (TPSA) is 65.4 Å². The number of amides is 1. The van der Waals surface area contributed by atoms with Crippen molar-refractivity contribution in [3.05, 3.63) is 70.5 Å². The van der Waals surface area contributed by atoms with Crippen LogP contribution in [0.5, 0.6) is 11.5 Å². The Morgan fingerprint density at radius 2 is 2.03 bits per heavy atom. The Morgan fingerprint density at radius 1 is 1.19 bits per heavy atom. The third-order valence-corrected chi connectivity index (χ3v) is 6.05. The van der Waals surface area contributed by atoms with E-state index in [9.17, 15) is 13.6 Å². The molecule has 2 aromatic carbocycles. The first-order valence-corrected chi connectivity index (χ1v) is 10.1. The fraction of sp³-hybridized carbons (Fsp3) is 0.304. The summed E-state index contributed by atoms with van der Waals surface area (Å²) in [5.41, 5.74) is 2.95. The van der Waals surface area contributed by atoms with Crippen molar-refractivity contribution in [3.63, 3.8) is 0 Å². The maximum atomic E-state index is 14.4. The third-order valence-electron chi connectivity index (χ3n) is 6.05. The first kappa shape index (κ1) is 19.5. The van der Waals surface area contributed by atoms with Crippen molar-refractivity contribution in [3.8, 4) is 17.2 Å². The zero-order chi connectivity index (χ0) is 21.7. The summed E-state index contributed by atoms with van der Waals surface area (Å²) < 4.78 is 39.9. The van der Waals surface area contributed by atoms with Crippen LogP contribution >= 0.6 is 0 Å². The predicted octanol–water partition coefficient (Wildman–Crippen LogP) is 3.76. The summed E-state index contributed by atoms with van der Waals surface area (Å²) in [5, 5.41) is 7.33. The number of methoxy groups -OCH3 is 2. The highest BCUT2D eigenvalue weighted by Gasteiger charge is 2.50. The van der Waals surface area contributed by atoms with Crippen molar-refractivity contribution in [2.24, 2.45) is 5.92 Å². The Balaban J connectivity index is 1.44. The lowest BCUT2D eigenvalue weighted by Crippen LogP contribution is -2.24. The summed E-state index contributed by atoms with van der Waals surface area (Å²) in [4.78, 5) is 13.0. The van der Waals surface area contributed by atoms with E-state index in [1.54, 1.807) is 26.4 Å². The van der Waals surface area contributed by atoms with Gasteiger partial charge < -0.3 is 14.8 Å². The number of aromatic nitrogens is 2. The Bertz CT molecular complexity index is 1190. The van der Waals surface area contributed by atoms with E-state index < -0.39 is 11.6 Å². The summed E-state index contributed by atoms with van der Waals surface area (Å²) in [6, 6.07) is 8.75. The van der Waals surface area contributed by atoms with Gasteiger partial charge >= 0.3 is 0 Å². The highest BCUT2D eigenvalue weighted by molar-refractivity contribution is 5.94. The average Bonchev–Trinajstić information content (AvgIpc) is 3.27. The molecule has 1 N–H and O–H groups in total. The number of ether oxygens (including phenoxy) is 2. The van der Waals surface area contributed by atoms with Crippen molar-refractivity contribution < 1.29 is 23.0 Å². The molecular formula is C23H21F2N3O3. The van der Waals surface area contributed by atoms with Gasteiger partial charge in [-0.15, -0.1) is 0 Å². The number of rotatable bonds is 6. The number of carbonyl (C=O) groups is 1. The molecule has 31 heavy (non-hydrogen) atoms. The van der Waals surface area contributed by atoms with Crippen molar-refractivity contribution >= 4 is 5.91 Å². The van der Waals surface area contributed by atoms with Crippen molar-refractivity contribution in [2.75, 3.05) is 14.2 Å². The highest BCUT2D eigenvalue weighted by atomic mass is 19.1. The molecule has 0 unspecified atom stereocenters. The fourth-order valence-electron chi connectivity index (χ4n) is 4.39. The number of hydrogen-bond acceptors (Lipinski definition) is 4. The number of nitrogens with one attached hydrogen (secondary N) is 1. The molecule has 1 amide bonds. The van der Waals surface area contributed by atoms with Gasteiger partial charge in [-0.25, -0.2) is 13.5 Å². The first-order chi connectivity index (χ1) is 15.0. The van der Waals surface area contributed by atoms with E-state index in [4.69, 9.17) is 9.47 Å². The highest BCUT2D eigenvalue weighted by Crippen LogP contribution is 2.57. The van der Waals surface area contributed by atoms with Crippen LogP contribution in [-0.2, 0) is 13.0 Å². The SMILES string of the molecule is COc1ccc(CNC(=O)c2nn(-c3ccc(F)cc3F)c3c2C[C@H]2C[C@@H]32)c(OC)c1. The fourth-order valence-corrected chi connectivity index (χ4v) is 4.39. The average molecular weight is 425 g/mol. The molecule has 1 saturated carbocycles. The Morgan fingerprint density at radius 3 is 2.77 bits per heavy atom. The minimum Gasteiger partial charge on any atom is -0.497 e. The van der Waals surface area contributed by atoms with Gasteiger partial charge in [0.2, 0.25) is 0 Å². The molecule has 5 rings (SSSR count). The minimum absolute atomic E-state index is 0.154. The molecule has 0 aliphatic heterocycles. The van der Waals surface area contributed by atoms with Crippen LogP contribution < -0.4 is 14.8 Å². The molecular weight excluding hydrogens is 404 g/mol. The van der Waals surface area contributed by atoms with Gasteiger partial charge in [-0.1, -0.05) is 0 Å². The number of hydrogen-bond donors (Lipinski definition) is 1. The van der Waals surface area contributed by atoms with Crippen LogP contribution in [0, 0.1) is 17.6 Å². The normalized spacial score (nSPS) is 18.3. The molecule has 6 nitrogen and oxygen atoms in total. The largest absolute Gasteiger partial charge is 0.497 e. The smallest absolute Gasteiger partial charge is 0.272 e. The zero-order valence-electron chi connectivity index (χ0n) is 17.1. The maximum Gasteiger partial charge on any atom is 0.272 e. The van der Waals surface area contributed by atoms with Crippen molar-refractivity contribution in [1.82, 2.24) is 15.1 Å². The molecule has 2 aliphatic rings. The van der Waals surface area contributed by atoms with E-state index in [2.05, 4.69) is 10.4 Å². The summed E-state index contributed by atoms with van der Waals surface area (Å²) in [6.07, 6.45) is 1.75. The number of nitrogens with zero attached hydrogens (tertiary/aromatic N) is 2. The second kappa shape index (κ2) is 7.37. The van der Waals surface area contributed by atoms with Gasteiger partial charge in [0.1, 0.15) is 23.0 Å². The molecule has 2 atom stereocenters. The van der Waals surface area contributed by atoms with E-state index in [1.165, 1.54) is 16.8 Å². The van der Waals surface area contributed by atoms with E-state index in [-0.39, 0.29) is 24.1 Å². The molecule has 2 aliphatic carbocycles. The van der Waals surface area contributed by atoms with E-state index in [0.29, 0.717) is 23.1 Å². The molecule has 0 spiro atoms. The van der Waals surface area contributed by atoms with Gasteiger partial charge in [0, 0.05) is 35.7 Å². The van der Waals surface area contributed by atoms with Crippen LogP contribution in [-0.4, -0.2) is 29.9 Å². The van der Waals surface area contributed by atoms with Crippen LogP contribution in [0.2, 0.25) is 0 Å². The van der Waals surface area contributed by atoms with Gasteiger partial charge in [0.05, 0.1) is 19.9 Å². The quantitative estimate of drug-likeness (QED) is 0.653. The lowest BCUT2D eigenvalue weighted by atomic mass is 10.1. The minimum atomic E-state index is -0.704. The van der Waals surface area contributed by atoms with Gasteiger partial charge in [-0.2, -0.15) is 5.10 Å². The zero-order valence-corrected chi connectivity index (χ0v) is 17.1. The maximum absolute atomic E-state index is 14.4. The Kier molecular flexibility index (Phi) is 4.64. The molecule has 8 heteroatoms. The number of benzene rings is 2. The van der Waals surface area contributed by atoms with Crippen LogP contribution in [0.4, 0.5) is 8.78 Å². The van der Waals surface area contributed by atoms with Gasteiger partial charge in [0.15, 0.2) is 11.5 Å². The molecule has 1 heterocycles. The summed E-state index contributed by atoms with van der Waals surface area (Å²) >= 11 is 0. The lowest BCUT2D eigenvalue weighted by molar-refractivity contribution is 0.0944. The summed E-state index contributed by atoms with van der Waals surface area (Å²) in [7, 11) is 3.12. The van der Waals surface area contributed by atoms with Crippen LogP contribution in [0.15, 0.2) is 36.4 Å². The van der Waals surface area contributed by atoms with E-state index >= 15 is 0 Å². The second-order valence-electron chi connectivity index (χ2n) is 7.89. The number of carbonyl (C=O) groups excluding carboxylic acids is 1. The second-order valence-corrected chi connectivity index (χ2v) is 7.89. The van der Waals surface area contributed by atoms with Crippen LogP contribution in [0.3, 0.4) is 0 Å². The molecule has 1 aromatic heterocycles.